The number of para-hydroxylation sites is 4. The standard InChI is InChI=1S/C66H46N6/c1-65(2)52-15-7-5-13-46(52)48-31-29-43(35-54(48)65)45-33-50(44-30-32-49-47-14-6-8-16-53(47)66(3,4)55(49)36-44)63-51(34-45)62(41-25-21-39(22-26-41)60-37-67-56-17-9-11-19-58(56)69-60)71-64(72-63)42-27-23-40(24-28-42)61-38-68-57-18-10-12-20-59(57)70-61/h5-38H,1-4H3. The van der Waals surface area contributed by atoms with Gasteiger partial charge in [-0.3, -0.25) is 9.97 Å². The Kier molecular flexibility index (Phi) is 9.18. The van der Waals surface area contributed by atoms with Crippen molar-refractivity contribution in [1.29, 1.82) is 0 Å². The van der Waals surface area contributed by atoms with Crippen LogP contribution in [0.4, 0.5) is 0 Å². The van der Waals surface area contributed by atoms with Crippen LogP contribution in [0.5, 0.6) is 0 Å². The number of hydrogen-bond acceptors (Lipinski definition) is 6. The molecule has 0 saturated heterocycles. The maximum absolute atomic E-state index is 5.60. The molecule has 2 aliphatic carbocycles. The summed E-state index contributed by atoms with van der Waals surface area (Å²) >= 11 is 0. The van der Waals surface area contributed by atoms with Gasteiger partial charge >= 0.3 is 0 Å². The van der Waals surface area contributed by atoms with Crippen molar-refractivity contribution in [2.75, 3.05) is 0 Å². The van der Waals surface area contributed by atoms with E-state index < -0.39 is 0 Å². The highest BCUT2D eigenvalue weighted by molar-refractivity contribution is 6.05. The van der Waals surface area contributed by atoms with E-state index in [1.165, 1.54) is 44.5 Å². The molecule has 3 aromatic heterocycles. The minimum Gasteiger partial charge on any atom is -0.252 e. The fourth-order valence-electron chi connectivity index (χ4n) is 11.5. The number of benzene rings is 9. The van der Waals surface area contributed by atoms with Crippen LogP contribution >= 0.6 is 0 Å². The van der Waals surface area contributed by atoms with Gasteiger partial charge in [0, 0.05) is 44.0 Å². The zero-order valence-electron chi connectivity index (χ0n) is 40.3. The van der Waals surface area contributed by atoms with E-state index >= 15 is 0 Å². The number of aromatic nitrogens is 6. The van der Waals surface area contributed by atoms with Crippen LogP contribution in [0.15, 0.2) is 207 Å². The lowest BCUT2D eigenvalue weighted by Gasteiger charge is -2.23. The van der Waals surface area contributed by atoms with Crippen LogP contribution < -0.4 is 0 Å². The molecule has 0 saturated carbocycles. The smallest absolute Gasteiger partial charge is 0.160 e. The molecule has 6 nitrogen and oxygen atoms in total. The van der Waals surface area contributed by atoms with E-state index in [0.717, 1.165) is 94.6 Å². The van der Waals surface area contributed by atoms with E-state index in [1.807, 2.05) is 60.9 Å². The molecule has 12 aromatic rings. The highest BCUT2D eigenvalue weighted by atomic mass is 14.9. The SMILES string of the molecule is CC1(C)c2ccccc2-c2ccc(-c3cc(-c4ccc5c(c4)C(C)(C)c4ccccc4-5)c4nc(-c5ccc(-c6cnc7ccccc7n6)cc5)nc(-c5ccc(-c6cnc7ccccc7n6)cc5)c4c3)cc21. The third-order valence-corrected chi connectivity index (χ3v) is 15.4. The second-order valence-corrected chi connectivity index (χ2v) is 20.3. The summed E-state index contributed by atoms with van der Waals surface area (Å²) in [5, 5.41) is 0.971. The normalized spacial score (nSPS) is 13.8. The van der Waals surface area contributed by atoms with Gasteiger partial charge in [-0.25, -0.2) is 19.9 Å². The molecule has 2 aliphatic rings. The first-order valence-corrected chi connectivity index (χ1v) is 24.7. The lowest BCUT2D eigenvalue weighted by Crippen LogP contribution is -2.15. The van der Waals surface area contributed by atoms with Gasteiger partial charge < -0.3 is 0 Å². The molecular weight excluding hydrogens is 877 g/mol. The Bertz CT molecular complexity index is 4210. The Morgan fingerprint density at radius 2 is 0.750 bits per heavy atom. The molecule has 0 bridgehead atoms. The highest BCUT2D eigenvalue weighted by Crippen LogP contribution is 2.52. The van der Waals surface area contributed by atoms with Gasteiger partial charge in [-0.05, 0) is 110 Å². The van der Waals surface area contributed by atoms with Crippen molar-refractivity contribution in [2.24, 2.45) is 0 Å². The van der Waals surface area contributed by atoms with Crippen LogP contribution in [0.2, 0.25) is 0 Å². The Balaban J connectivity index is 0.988. The summed E-state index contributed by atoms with van der Waals surface area (Å²) in [4.78, 5) is 30.5. The van der Waals surface area contributed by atoms with Crippen molar-refractivity contribution in [2.45, 2.75) is 38.5 Å². The number of fused-ring (bicyclic) bond motifs is 9. The third-order valence-electron chi connectivity index (χ3n) is 15.4. The summed E-state index contributed by atoms with van der Waals surface area (Å²) in [6.07, 6.45) is 3.70. The molecule has 0 spiro atoms. The van der Waals surface area contributed by atoms with Crippen molar-refractivity contribution in [3.8, 4) is 89.7 Å². The van der Waals surface area contributed by atoms with Crippen LogP contribution in [0, 0.1) is 0 Å². The largest absolute Gasteiger partial charge is 0.252 e. The summed E-state index contributed by atoms with van der Waals surface area (Å²) < 4.78 is 0. The molecule has 9 aromatic carbocycles. The Morgan fingerprint density at radius 3 is 1.32 bits per heavy atom. The van der Waals surface area contributed by atoms with E-state index in [1.54, 1.807) is 0 Å². The van der Waals surface area contributed by atoms with Gasteiger partial charge in [-0.15, -0.1) is 0 Å². The summed E-state index contributed by atoms with van der Waals surface area (Å²) in [5.74, 6) is 0.637. The predicted octanol–water partition coefficient (Wildman–Crippen LogP) is 16.1. The summed E-state index contributed by atoms with van der Waals surface area (Å²) in [6.45, 7) is 9.39. The van der Waals surface area contributed by atoms with Gasteiger partial charge in [0.25, 0.3) is 0 Å². The third kappa shape index (κ3) is 6.56. The Hall–Kier alpha value is -9.00. The van der Waals surface area contributed by atoms with Gasteiger partial charge in [-0.1, -0.05) is 173 Å². The quantitative estimate of drug-likeness (QED) is 0.165. The maximum Gasteiger partial charge on any atom is 0.160 e. The lowest BCUT2D eigenvalue weighted by molar-refractivity contribution is 0.660. The second kappa shape index (κ2) is 15.8. The highest BCUT2D eigenvalue weighted by Gasteiger charge is 2.37. The van der Waals surface area contributed by atoms with Crippen LogP contribution in [0.3, 0.4) is 0 Å². The second-order valence-electron chi connectivity index (χ2n) is 20.3. The zero-order chi connectivity index (χ0) is 48.3. The summed E-state index contributed by atoms with van der Waals surface area (Å²) in [7, 11) is 0. The Morgan fingerprint density at radius 1 is 0.306 bits per heavy atom. The van der Waals surface area contributed by atoms with Gasteiger partial charge in [0.1, 0.15) is 0 Å². The molecule has 72 heavy (non-hydrogen) atoms. The number of nitrogens with zero attached hydrogens (tertiary/aromatic N) is 6. The predicted molar refractivity (Wildman–Crippen MR) is 293 cm³/mol. The Labute approximate surface area is 417 Å². The molecule has 0 aliphatic heterocycles. The van der Waals surface area contributed by atoms with Gasteiger partial charge in [0.05, 0.1) is 57.1 Å². The monoisotopic (exact) mass is 922 g/mol. The first-order chi connectivity index (χ1) is 35.2. The van der Waals surface area contributed by atoms with E-state index in [9.17, 15) is 0 Å². The van der Waals surface area contributed by atoms with E-state index in [2.05, 4.69) is 173 Å². The van der Waals surface area contributed by atoms with E-state index in [4.69, 9.17) is 29.9 Å². The fraction of sp³-hybridized carbons (Fsp3) is 0.0909. The first kappa shape index (κ1) is 41.9. The molecule has 6 heteroatoms. The minimum atomic E-state index is -0.185. The topological polar surface area (TPSA) is 77.3 Å². The molecule has 0 atom stereocenters. The summed E-state index contributed by atoms with van der Waals surface area (Å²) in [5.41, 5.74) is 25.3. The number of hydrogen-bond donors (Lipinski definition) is 0. The van der Waals surface area contributed by atoms with E-state index in [-0.39, 0.29) is 10.8 Å². The van der Waals surface area contributed by atoms with Crippen molar-refractivity contribution >= 4 is 33.0 Å². The molecule has 3 heterocycles. The van der Waals surface area contributed by atoms with Crippen molar-refractivity contribution in [3.05, 3.63) is 229 Å². The average Bonchev–Trinajstić information content (AvgIpc) is 3.81. The van der Waals surface area contributed by atoms with Gasteiger partial charge in [-0.2, -0.15) is 0 Å². The molecule has 0 N–H and O–H groups in total. The van der Waals surface area contributed by atoms with Crippen molar-refractivity contribution in [3.63, 3.8) is 0 Å². The van der Waals surface area contributed by atoms with Crippen LogP contribution in [-0.2, 0) is 10.8 Å². The molecule has 0 unspecified atom stereocenters. The van der Waals surface area contributed by atoms with Gasteiger partial charge in [0.2, 0.25) is 0 Å². The van der Waals surface area contributed by atoms with Crippen LogP contribution in [-0.4, -0.2) is 29.9 Å². The molecule has 0 amide bonds. The first-order valence-electron chi connectivity index (χ1n) is 24.7. The van der Waals surface area contributed by atoms with Crippen LogP contribution in [0.25, 0.3) is 123 Å². The lowest BCUT2D eigenvalue weighted by atomic mass is 9.81. The fourth-order valence-corrected chi connectivity index (χ4v) is 11.5. The minimum absolute atomic E-state index is 0.154. The molecule has 0 radical (unpaired) electrons. The molecule has 14 rings (SSSR count). The van der Waals surface area contributed by atoms with Crippen LogP contribution in [0.1, 0.15) is 49.9 Å². The molecular formula is C66H46N6. The zero-order valence-corrected chi connectivity index (χ0v) is 40.3. The summed E-state index contributed by atoms with van der Waals surface area (Å²) in [6, 6.07) is 69.3. The molecule has 0 fully saturated rings. The average molecular weight is 923 g/mol. The molecule has 340 valence electrons. The van der Waals surface area contributed by atoms with Gasteiger partial charge in [0.15, 0.2) is 5.82 Å². The number of rotatable bonds is 6. The van der Waals surface area contributed by atoms with E-state index in [0.29, 0.717) is 5.82 Å². The van der Waals surface area contributed by atoms with Crippen molar-refractivity contribution in [1.82, 2.24) is 29.9 Å². The maximum atomic E-state index is 5.60. The van der Waals surface area contributed by atoms with Crippen molar-refractivity contribution < 1.29 is 0 Å².